The third-order valence-corrected chi connectivity index (χ3v) is 11.1. The molecule has 1 saturated carbocycles. The molecule has 1 fully saturated rings. The number of hydrogen-bond acceptors (Lipinski definition) is 1. The van der Waals surface area contributed by atoms with E-state index in [1.165, 1.54) is 38.1 Å². The fourth-order valence-electron chi connectivity index (χ4n) is 4.59. The van der Waals surface area contributed by atoms with Crippen LogP contribution in [0.25, 0.3) is 0 Å². The summed E-state index contributed by atoms with van der Waals surface area (Å²) >= 11 is 0. The van der Waals surface area contributed by atoms with Gasteiger partial charge in [-0.1, -0.05) is 92.6 Å². The molecule has 0 radical (unpaired) electrons. The van der Waals surface area contributed by atoms with Gasteiger partial charge in [0.05, 0.1) is 0 Å². The molecule has 1 aliphatic rings. The van der Waals surface area contributed by atoms with E-state index >= 15 is 0 Å². The first-order valence-electron chi connectivity index (χ1n) is 10.3. The molecule has 2 heteroatoms. The van der Waals surface area contributed by atoms with Gasteiger partial charge in [-0.05, 0) is 55.2 Å². The van der Waals surface area contributed by atoms with E-state index in [0.29, 0.717) is 0 Å². The molecular formula is C24H33NSi. The zero-order valence-corrected chi connectivity index (χ0v) is 17.5. The van der Waals surface area contributed by atoms with Crippen LogP contribution in [-0.4, -0.2) is 25.9 Å². The van der Waals surface area contributed by atoms with Gasteiger partial charge in [-0.25, -0.2) is 0 Å². The zero-order chi connectivity index (χ0) is 18.2. The predicted octanol–water partition coefficient (Wildman–Crippen LogP) is 4.98. The van der Waals surface area contributed by atoms with Gasteiger partial charge in [0.25, 0.3) is 0 Å². The zero-order valence-electron chi connectivity index (χ0n) is 16.5. The highest BCUT2D eigenvalue weighted by atomic mass is 28.3. The van der Waals surface area contributed by atoms with E-state index in [1.807, 2.05) is 0 Å². The van der Waals surface area contributed by atoms with E-state index in [4.69, 9.17) is 0 Å². The monoisotopic (exact) mass is 363 g/mol. The molecule has 0 bridgehead atoms. The summed E-state index contributed by atoms with van der Waals surface area (Å²) in [6.07, 6.45) is 9.42. The lowest BCUT2D eigenvalue weighted by Crippen LogP contribution is -2.69. The van der Waals surface area contributed by atoms with Crippen LogP contribution < -0.4 is 10.4 Å². The molecule has 0 aromatic heterocycles. The van der Waals surface area contributed by atoms with E-state index in [9.17, 15) is 0 Å². The molecule has 26 heavy (non-hydrogen) atoms. The third-order valence-electron chi connectivity index (χ3n) is 5.99. The second-order valence-corrected chi connectivity index (χ2v) is 11.3. The lowest BCUT2D eigenvalue weighted by molar-refractivity contribution is 0.475. The van der Waals surface area contributed by atoms with Crippen molar-refractivity contribution >= 4 is 18.6 Å². The predicted molar refractivity (Wildman–Crippen MR) is 117 cm³/mol. The Balaban J connectivity index is 2.11. The van der Waals surface area contributed by atoms with Crippen molar-refractivity contribution in [2.45, 2.75) is 52.0 Å². The molecule has 138 valence electrons. The van der Waals surface area contributed by atoms with Gasteiger partial charge in [-0.3, -0.25) is 0 Å². The number of benzene rings is 2. The molecular weight excluding hydrogens is 330 g/mol. The maximum absolute atomic E-state index is 2.78. The first-order valence-corrected chi connectivity index (χ1v) is 12.5. The normalized spacial score (nSPS) is 15.3. The fraction of sp³-hybridized carbons (Fsp3) is 0.417. The SMILES string of the molecule is CCN(CC)[Si](CC=C1CCCCC1)(c1ccccc1)c1ccccc1. The lowest BCUT2D eigenvalue weighted by atomic mass is 9.95. The van der Waals surface area contributed by atoms with Crippen LogP contribution in [0.5, 0.6) is 0 Å². The average Bonchev–Trinajstić information content (AvgIpc) is 2.73. The molecule has 0 aliphatic heterocycles. The van der Waals surface area contributed by atoms with Crippen molar-refractivity contribution in [1.82, 2.24) is 4.57 Å². The Labute approximate surface area is 160 Å². The molecule has 0 unspecified atom stereocenters. The Morgan fingerprint density at radius 3 is 1.73 bits per heavy atom. The van der Waals surface area contributed by atoms with Crippen LogP contribution in [0.4, 0.5) is 0 Å². The molecule has 0 saturated heterocycles. The molecule has 2 aromatic rings. The van der Waals surface area contributed by atoms with Gasteiger partial charge in [-0.2, -0.15) is 0 Å². The van der Waals surface area contributed by atoms with Gasteiger partial charge in [0.15, 0.2) is 8.24 Å². The Bertz CT molecular complexity index is 641. The van der Waals surface area contributed by atoms with E-state index in [1.54, 1.807) is 15.9 Å². The van der Waals surface area contributed by atoms with E-state index in [0.717, 1.165) is 13.1 Å². The number of hydrogen-bond donors (Lipinski definition) is 0. The summed E-state index contributed by atoms with van der Waals surface area (Å²) in [5.41, 5.74) is 1.70. The van der Waals surface area contributed by atoms with Crippen LogP contribution >= 0.6 is 0 Å². The first kappa shape index (κ1) is 19.1. The Morgan fingerprint density at radius 2 is 1.27 bits per heavy atom. The Hall–Kier alpha value is -1.64. The van der Waals surface area contributed by atoms with Gasteiger partial charge in [0.2, 0.25) is 0 Å². The van der Waals surface area contributed by atoms with Gasteiger partial charge < -0.3 is 4.57 Å². The standard InChI is InChI=1S/C24H33NSi/c1-3-25(4-2)26(23-16-10-6-11-17-23,24-18-12-7-13-19-24)21-20-22-14-8-5-9-15-22/h6-7,10-13,16-20H,3-5,8-9,14-15,21H2,1-2H3. The highest BCUT2D eigenvalue weighted by molar-refractivity contribution is 7.00. The van der Waals surface area contributed by atoms with Crippen molar-refractivity contribution in [3.05, 3.63) is 72.3 Å². The highest BCUT2D eigenvalue weighted by Gasteiger charge is 2.41. The summed E-state index contributed by atoms with van der Waals surface area (Å²) in [6, 6.07) is 23.9. The van der Waals surface area contributed by atoms with Crippen molar-refractivity contribution in [3.63, 3.8) is 0 Å². The van der Waals surface area contributed by atoms with Crippen LogP contribution in [0.1, 0.15) is 46.0 Å². The maximum atomic E-state index is 2.78. The quantitative estimate of drug-likeness (QED) is 0.495. The Kier molecular flexibility index (Phi) is 6.87. The molecule has 0 spiro atoms. The molecule has 0 amide bonds. The van der Waals surface area contributed by atoms with Gasteiger partial charge in [0, 0.05) is 0 Å². The third kappa shape index (κ3) is 4.02. The minimum atomic E-state index is -2.00. The highest BCUT2D eigenvalue weighted by Crippen LogP contribution is 2.26. The molecule has 1 aliphatic carbocycles. The summed E-state index contributed by atoms with van der Waals surface area (Å²) in [4.78, 5) is 0. The summed E-state index contributed by atoms with van der Waals surface area (Å²) in [5.74, 6) is 0. The molecule has 1 nitrogen and oxygen atoms in total. The first-order chi connectivity index (χ1) is 12.8. The van der Waals surface area contributed by atoms with Crippen LogP contribution in [0, 0.1) is 0 Å². The van der Waals surface area contributed by atoms with Crippen molar-refractivity contribution in [2.24, 2.45) is 0 Å². The average molecular weight is 364 g/mol. The maximum Gasteiger partial charge on any atom is 0.196 e. The molecule has 0 N–H and O–H groups in total. The lowest BCUT2D eigenvalue weighted by Gasteiger charge is -2.42. The summed E-state index contributed by atoms with van der Waals surface area (Å²) in [5, 5.41) is 3.09. The molecule has 3 rings (SSSR count). The van der Waals surface area contributed by atoms with E-state index in [-0.39, 0.29) is 0 Å². The van der Waals surface area contributed by atoms with Crippen molar-refractivity contribution in [3.8, 4) is 0 Å². The van der Waals surface area contributed by atoms with Crippen LogP contribution in [-0.2, 0) is 0 Å². The molecule has 0 heterocycles. The van der Waals surface area contributed by atoms with Gasteiger partial charge in [-0.15, -0.1) is 0 Å². The summed E-state index contributed by atoms with van der Waals surface area (Å²) < 4.78 is 2.78. The second kappa shape index (κ2) is 9.34. The largest absolute Gasteiger partial charge is 0.317 e. The topological polar surface area (TPSA) is 3.24 Å². The van der Waals surface area contributed by atoms with E-state index in [2.05, 4.69) is 85.2 Å². The molecule has 0 atom stereocenters. The minimum Gasteiger partial charge on any atom is -0.317 e. The number of nitrogens with zero attached hydrogens (tertiary/aromatic N) is 1. The van der Waals surface area contributed by atoms with Crippen LogP contribution in [0.2, 0.25) is 6.04 Å². The summed E-state index contributed by atoms with van der Waals surface area (Å²) in [7, 11) is -2.00. The van der Waals surface area contributed by atoms with Crippen molar-refractivity contribution in [1.29, 1.82) is 0 Å². The minimum absolute atomic E-state index is 1.11. The number of allylic oxidation sites excluding steroid dienone is 2. The molecule has 2 aromatic carbocycles. The summed E-state index contributed by atoms with van der Waals surface area (Å²) in [6.45, 7) is 6.86. The van der Waals surface area contributed by atoms with Crippen molar-refractivity contribution < 1.29 is 0 Å². The van der Waals surface area contributed by atoms with Gasteiger partial charge in [0.1, 0.15) is 0 Å². The second-order valence-electron chi connectivity index (χ2n) is 7.39. The fourth-order valence-corrected chi connectivity index (χ4v) is 9.53. The van der Waals surface area contributed by atoms with E-state index < -0.39 is 8.24 Å². The van der Waals surface area contributed by atoms with Crippen LogP contribution in [0.3, 0.4) is 0 Å². The van der Waals surface area contributed by atoms with Crippen molar-refractivity contribution in [2.75, 3.05) is 13.1 Å². The number of rotatable bonds is 7. The smallest absolute Gasteiger partial charge is 0.196 e. The van der Waals surface area contributed by atoms with Gasteiger partial charge >= 0.3 is 0 Å². The van der Waals surface area contributed by atoms with Crippen LogP contribution in [0.15, 0.2) is 72.3 Å². The Morgan fingerprint density at radius 1 is 0.769 bits per heavy atom.